The largest absolute Gasteiger partial charge is 0.377 e. The normalized spacial score (nSPS) is 19.1. The Balaban J connectivity index is 1.51. The molecule has 3 aromatic heterocycles. The molecule has 0 unspecified atom stereocenters. The summed E-state index contributed by atoms with van der Waals surface area (Å²) in [5, 5.41) is 14.2. The van der Waals surface area contributed by atoms with Crippen LogP contribution in [-0.4, -0.2) is 54.3 Å². The second kappa shape index (κ2) is 11.1. The molecule has 2 aliphatic rings. The number of aromatic nitrogens is 6. The van der Waals surface area contributed by atoms with Crippen LogP contribution in [0.3, 0.4) is 0 Å². The van der Waals surface area contributed by atoms with Gasteiger partial charge in [-0.15, -0.1) is 5.10 Å². The molecule has 9 nitrogen and oxygen atoms in total. The van der Waals surface area contributed by atoms with E-state index >= 15 is 0 Å². The van der Waals surface area contributed by atoms with Crippen LogP contribution in [0.25, 0.3) is 10.9 Å². The van der Waals surface area contributed by atoms with Crippen LogP contribution in [-0.2, 0) is 17.7 Å². The summed E-state index contributed by atoms with van der Waals surface area (Å²) in [6.45, 7) is 4.18. The summed E-state index contributed by atoms with van der Waals surface area (Å²) >= 11 is 0. The van der Waals surface area contributed by atoms with Crippen LogP contribution >= 0.6 is 0 Å². The van der Waals surface area contributed by atoms with Crippen LogP contribution in [0.4, 0.5) is 0 Å². The van der Waals surface area contributed by atoms with Gasteiger partial charge in [0, 0.05) is 43.2 Å². The van der Waals surface area contributed by atoms with Gasteiger partial charge in [-0.05, 0) is 83.3 Å². The molecule has 1 aliphatic heterocycles. The van der Waals surface area contributed by atoms with Crippen LogP contribution in [0, 0.1) is 0 Å². The standard InChI is InChI=1S/C29H35N7O2/c1-2-20-11-12-26-22(15-20)16-25(29(37)31-26)27(28-32-33-34-36(28)23-8-3-4-9-23)35(19-24-10-6-14-38-24)18-21-7-5-13-30-17-21/h5,7,11-13,15-17,23-24,27H,2-4,6,8-10,14,18-19H2,1H3,(H,31,37)/t24-,27+/m0/s1. The first-order chi connectivity index (χ1) is 18.7. The van der Waals surface area contributed by atoms with E-state index in [-0.39, 0.29) is 17.7 Å². The fourth-order valence-corrected chi connectivity index (χ4v) is 6.02. The fraction of sp³-hybridized carbons (Fsp3) is 0.483. The minimum Gasteiger partial charge on any atom is -0.377 e. The zero-order valence-corrected chi connectivity index (χ0v) is 21.9. The summed E-state index contributed by atoms with van der Waals surface area (Å²) < 4.78 is 8.07. The van der Waals surface area contributed by atoms with Crippen LogP contribution in [0.2, 0.25) is 0 Å². The van der Waals surface area contributed by atoms with Crippen molar-refractivity contribution in [1.29, 1.82) is 0 Å². The van der Waals surface area contributed by atoms with Gasteiger partial charge in [0.25, 0.3) is 5.56 Å². The topological polar surface area (TPSA) is 102 Å². The van der Waals surface area contributed by atoms with Crippen molar-refractivity contribution in [3.05, 3.63) is 81.7 Å². The molecule has 6 rings (SSSR count). The number of hydrogen-bond acceptors (Lipinski definition) is 7. The number of nitrogens with one attached hydrogen (secondary N) is 1. The number of ether oxygens (including phenoxy) is 1. The van der Waals surface area contributed by atoms with Crippen molar-refractivity contribution < 1.29 is 4.74 Å². The van der Waals surface area contributed by atoms with Gasteiger partial charge in [0.05, 0.1) is 12.1 Å². The fourth-order valence-electron chi connectivity index (χ4n) is 6.02. The summed E-state index contributed by atoms with van der Waals surface area (Å²) in [4.78, 5) is 23.6. The predicted molar refractivity (Wildman–Crippen MR) is 145 cm³/mol. The third kappa shape index (κ3) is 5.13. The Kier molecular flexibility index (Phi) is 7.29. The Hall–Kier alpha value is -3.43. The Morgan fingerprint density at radius 1 is 1.13 bits per heavy atom. The van der Waals surface area contributed by atoms with Gasteiger partial charge in [-0.2, -0.15) is 0 Å². The number of aryl methyl sites for hydroxylation is 1. The molecule has 198 valence electrons. The Bertz CT molecular complexity index is 1420. The molecule has 1 aliphatic carbocycles. The maximum atomic E-state index is 13.7. The maximum Gasteiger partial charge on any atom is 0.253 e. The van der Waals surface area contributed by atoms with Crippen LogP contribution < -0.4 is 5.56 Å². The molecule has 2 fully saturated rings. The van der Waals surface area contributed by atoms with Crippen molar-refractivity contribution in [1.82, 2.24) is 35.1 Å². The van der Waals surface area contributed by atoms with Crippen molar-refractivity contribution in [3.63, 3.8) is 0 Å². The summed E-state index contributed by atoms with van der Waals surface area (Å²) in [5.74, 6) is 0.718. The zero-order valence-electron chi connectivity index (χ0n) is 21.9. The highest BCUT2D eigenvalue weighted by molar-refractivity contribution is 5.80. The molecular formula is C29H35N7O2. The van der Waals surface area contributed by atoms with Crippen molar-refractivity contribution in [2.24, 2.45) is 0 Å². The molecule has 0 bridgehead atoms. The van der Waals surface area contributed by atoms with E-state index in [2.05, 4.69) is 55.5 Å². The molecule has 0 radical (unpaired) electrons. The van der Waals surface area contributed by atoms with Gasteiger partial charge in [-0.3, -0.25) is 14.7 Å². The number of pyridine rings is 2. The second-order valence-corrected chi connectivity index (χ2v) is 10.6. The highest BCUT2D eigenvalue weighted by Gasteiger charge is 2.35. The van der Waals surface area contributed by atoms with E-state index in [9.17, 15) is 4.79 Å². The molecular weight excluding hydrogens is 478 g/mol. The van der Waals surface area contributed by atoms with Crippen molar-refractivity contribution in [3.8, 4) is 0 Å². The first-order valence-corrected chi connectivity index (χ1v) is 13.9. The molecule has 2 atom stereocenters. The second-order valence-electron chi connectivity index (χ2n) is 10.6. The summed E-state index contributed by atoms with van der Waals surface area (Å²) in [6.07, 6.45) is 11.2. The highest BCUT2D eigenvalue weighted by atomic mass is 16.5. The molecule has 0 spiro atoms. The number of tetrazole rings is 1. The monoisotopic (exact) mass is 513 g/mol. The molecule has 38 heavy (non-hydrogen) atoms. The van der Waals surface area contributed by atoms with E-state index in [0.29, 0.717) is 18.7 Å². The number of nitrogens with zero attached hydrogens (tertiary/aromatic N) is 6. The lowest BCUT2D eigenvalue weighted by molar-refractivity contribution is 0.0569. The van der Waals surface area contributed by atoms with E-state index < -0.39 is 6.04 Å². The van der Waals surface area contributed by atoms with E-state index in [1.165, 1.54) is 18.4 Å². The van der Waals surface area contributed by atoms with E-state index in [1.807, 2.05) is 29.1 Å². The molecule has 1 aromatic carbocycles. The number of benzene rings is 1. The number of fused-ring (bicyclic) bond motifs is 1. The highest BCUT2D eigenvalue weighted by Crippen LogP contribution is 2.35. The molecule has 4 aromatic rings. The van der Waals surface area contributed by atoms with Crippen molar-refractivity contribution in [2.75, 3.05) is 13.2 Å². The smallest absolute Gasteiger partial charge is 0.253 e. The lowest BCUT2D eigenvalue weighted by atomic mass is 10.00. The lowest BCUT2D eigenvalue weighted by Gasteiger charge is -2.33. The molecule has 1 saturated carbocycles. The minimum atomic E-state index is -0.437. The molecule has 1 N–H and O–H groups in total. The van der Waals surface area contributed by atoms with Crippen molar-refractivity contribution >= 4 is 10.9 Å². The average molecular weight is 514 g/mol. The van der Waals surface area contributed by atoms with Crippen LogP contribution in [0.1, 0.15) is 80.0 Å². The van der Waals surface area contributed by atoms with Gasteiger partial charge < -0.3 is 9.72 Å². The Labute approximate surface area is 222 Å². The number of hydrogen-bond donors (Lipinski definition) is 1. The summed E-state index contributed by atoms with van der Waals surface area (Å²) in [6, 6.07) is 12.1. The van der Waals surface area contributed by atoms with Crippen LogP contribution in [0.5, 0.6) is 0 Å². The molecule has 9 heteroatoms. The predicted octanol–water partition coefficient (Wildman–Crippen LogP) is 4.36. The zero-order chi connectivity index (χ0) is 25.9. The van der Waals surface area contributed by atoms with Gasteiger partial charge in [-0.1, -0.05) is 31.9 Å². The van der Waals surface area contributed by atoms with Gasteiger partial charge in [0.1, 0.15) is 6.04 Å². The van der Waals surface area contributed by atoms with Crippen molar-refractivity contribution in [2.45, 2.75) is 76.6 Å². The third-order valence-electron chi connectivity index (χ3n) is 8.01. The van der Waals surface area contributed by atoms with Gasteiger partial charge in [0.2, 0.25) is 0 Å². The van der Waals surface area contributed by atoms with Gasteiger partial charge >= 0.3 is 0 Å². The Morgan fingerprint density at radius 3 is 2.79 bits per heavy atom. The summed E-state index contributed by atoms with van der Waals surface area (Å²) in [7, 11) is 0. The third-order valence-corrected chi connectivity index (χ3v) is 8.01. The first-order valence-electron chi connectivity index (χ1n) is 13.9. The maximum absolute atomic E-state index is 13.7. The molecule has 4 heterocycles. The number of aromatic amines is 1. The molecule has 0 amide bonds. The Morgan fingerprint density at radius 2 is 2.03 bits per heavy atom. The number of H-pyrrole nitrogens is 1. The van der Waals surface area contributed by atoms with E-state index in [1.54, 1.807) is 6.20 Å². The SMILES string of the molecule is CCc1ccc2[nH]c(=O)c([C@H](c3nnnn3C3CCCC3)N(Cc3cccnc3)C[C@@H]3CCCO3)cc2c1. The average Bonchev–Trinajstić information content (AvgIpc) is 3.73. The number of rotatable bonds is 9. The van der Waals surface area contributed by atoms with E-state index in [4.69, 9.17) is 4.74 Å². The lowest BCUT2D eigenvalue weighted by Crippen LogP contribution is -2.39. The van der Waals surface area contributed by atoms with Crippen LogP contribution in [0.15, 0.2) is 53.6 Å². The van der Waals surface area contributed by atoms with E-state index in [0.717, 1.165) is 61.0 Å². The van der Waals surface area contributed by atoms with Gasteiger partial charge in [0.15, 0.2) is 5.82 Å². The first kappa shape index (κ1) is 24.9. The van der Waals surface area contributed by atoms with Gasteiger partial charge in [-0.25, -0.2) is 4.68 Å². The minimum absolute atomic E-state index is 0.0937. The molecule has 1 saturated heterocycles. The summed E-state index contributed by atoms with van der Waals surface area (Å²) in [5.41, 5.74) is 3.68. The quantitative estimate of drug-likeness (QED) is 0.355.